The Morgan fingerprint density at radius 3 is 2.54 bits per heavy atom. The van der Waals surface area contributed by atoms with Crippen molar-refractivity contribution in [1.29, 1.82) is 0 Å². The van der Waals surface area contributed by atoms with Gasteiger partial charge >= 0.3 is 0 Å². The summed E-state index contributed by atoms with van der Waals surface area (Å²) in [6.07, 6.45) is 1.84. The van der Waals surface area contributed by atoms with E-state index in [1.54, 1.807) is 0 Å². The maximum absolute atomic E-state index is 12.7. The quantitative estimate of drug-likeness (QED) is 0.118. The van der Waals surface area contributed by atoms with Crippen molar-refractivity contribution in [3.05, 3.63) is 77.1 Å². The van der Waals surface area contributed by atoms with Gasteiger partial charge in [0.1, 0.15) is 30.2 Å². The number of aliphatic hydroxyl groups excluding tert-OH is 5. The third kappa shape index (κ3) is 8.59. The highest BCUT2D eigenvalue weighted by atomic mass is 35.5. The molecular formula is C34H42ClN3O7S. The van der Waals surface area contributed by atoms with E-state index in [1.807, 2.05) is 48.8 Å². The number of amides is 1. The van der Waals surface area contributed by atoms with Crippen molar-refractivity contribution in [3.63, 3.8) is 0 Å². The van der Waals surface area contributed by atoms with Gasteiger partial charge < -0.3 is 40.5 Å². The van der Waals surface area contributed by atoms with Crippen LogP contribution in [0.2, 0.25) is 5.02 Å². The van der Waals surface area contributed by atoms with Crippen LogP contribution in [0.3, 0.4) is 0 Å². The lowest BCUT2D eigenvalue weighted by molar-refractivity contribution is -0.137. The number of hydrogen-bond donors (Lipinski definition) is 6. The topological polar surface area (TPSA) is 156 Å². The zero-order valence-corrected chi connectivity index (χ0v) is 27.3. The van der Waals surface area contributed by atoms with E-state index in [0.717, 1.165) is 58.6 Å². The zero-order chi connectivity index (χ0) is 32.8. The molecule has 5 rings (SSSR count). The van der Waals surface area contributed by atoms with Gasteiger partial charge in [0.15, 0.2) is 0 Å². The van der Waals surface area contributed by atoms with Crippen LogP contribution in [0.25, 0.3) is 11.1 Å². The molecular weight excluding hydrogens is 630 g/mol. The fourth-order valence-corrected chi connectivity index (χ4v) is 6.46. The Labute approximate surface area is 278 Å². The van der Waals surface area contributed by atoms with Crippen LogP contribution in [0, 0.1) is 0 Å². The first-order valence-corrected chi connectivity index (χ1v) is 16.9. The van der Waals surface area contributed by atoms with Gasteiger partial charge in [-0.1, -0.05) is 29.8 Å². The molecule has 0 bridgehead atoms. The Morgan fingerprint density at radius 1 is 1.09 bits per heavy atom. The molecule has 2 saturated carbocycles. The van der Waals surface area contributed by atoms with Gasteiger partial charge in [-0.2, -0.15) is 0 Å². The van der Waals surface area contributed by atoms with Crippen molar-refractivity contribution < 1.29 is 35.1 Å². The van der Waals surface area contributed by atoms with Gasteiger partial charge in [-0.25, -0.2) is 0 Å². The van der Waals surface area contributed by atoms with Crippen molar-refractivity contribution in [3.8, 4) is 16.9 Å². The lowest BCUT2D eigenvalue weighted by Gasteiger charge is -2.28. The van der Waals surface area contributed by atoms with E-state index in [0.29, 0.717) is 23.4 Å². The summed E-state index contributed by atoms with van der Waals surface area (Å²) in [6.45, 7) is -0.451. The fourth-order valence-electron chi connectivity index (χ4n) is 5.38. The number of aliphatic hydroxyl groups is 5. The fraction of sp³-hybridized carbons (Fsp3) is 0.471. The molecule has 4 atom stereocenters. The number of carbonyl (C=O) groups excluding carboxylic acids is 1. The molecule has 1 amide bonds. The number of thioether (sulfide) groups is 1. The summed E-state index contributed by atoms with van der Waals surface area (Å²) in [5.41, 5.74) is 4.06. The molecule has 248 valence electrons. The molecule has 3 aromatic rings. The number of aromatic nitrogens is 1. The summed E-state index contributed by atoms with van der Waals surface area (Å²) in [6, 6.07) is 16.0. The molecule has 0 saturated heterocycles. The first-order valence-electron chi connectivity index (χ1n) is 15.6. The number of nitrogens with zero attached hydrogens (tertiary/aromatic N) is 2. The molecule has 2 fully saturated rings. The second kappa shape index (κ2) is 15.4. The van der Waals surface area contributed by atoms with Gasteiger partial charge in [0, 0.05) is 65.7 Å². The molecule has 12 heteroatoms. The number of carbonyl (C=O) groups is 1. The second-order valence-corrected chi connectivity index (χ2v) is 13.7. The lowest BCUT2D eigenvalue weighted by atomic mass is 9.94. The van der Waals surface area contributed by atoms with Crippen LogP contribution in [-0.2, 0) is 16.9 Å². The van der Waals surface area contributed by atoms with Gasteiger partial charge in [-0.15, -0.1) is 11.8 Å². The number of pyridine rings is 1. The van der Waals surface area contributed by atoms with Crippen LogP contribution >= 0.6 is 23.4 Å². The third-order valence-corrected chi connectivity index (χ3v) is 9.88. The molecule has 2 aliphatic carbocycles. The van der Waals surface area contributed by atoms with Crippen molar-refractivity contribution in [1.82, 2.24) is 15.2 Å². The zero-order valence-electron chi connectivity index (χ0n) is 25.8. The highest BCUT2D eigenvalue weighted by Crippen LogP contribution is 2.50. The minimum Gasteiger partial charge on any atom is -0.490 e. The first-order chi connectivity index (χ1) is 22.1. The third-order valence-electron chi connectivity index (χ3n) is 8.51. The molecule has 0 radical (unpaired) electrons. The maximum Gasteiger partial charge on any atom is 0.223 e. The van der Waals surface area contributed by atoms with Crippen LogP contribution in [0.15, 0.2) is 65.8 Å². The minimum absolute atomic E-state index is 0.181. The molecule has 0 aliphatic heterocycles. The lowest BCUT2D eigenvalue weighted by Crippen LogP contribution is -2.50. The number of ether oxygens (including phenoxy) is 1. The number of benzene rings is 2. The van der Waals surface area contributed by atoms with E-state index < -0.39 is 31.0 Å². The Bertz CT molecular complexity index is 1490. The van der Waals surface area contributed by atoms with Crippen molar-refractivity contribution in [2.75, 3.05) is 26.0 Å². The van der Waals surface area contributed by atoms with E-state index in [9.17, 15) is 25.2 Å². The SMILES string of the molecule is CN(CC(O)C(O)C(O)C(O)CO)C(=O)CCSc1ccc(Cl)c(CNC2(c3cnccc3-c3ccccc3OC3CC3)CC2)c1. The molecule has 2 aliphatic rings. The van der Waals surface area contributed by atoms with Gasteiger partial charge in [0.05, 0.1) is 12.7 Å². The van der Waals surface area contributed by atoms with E-state index >= 15 is 0 Å². The molecule has 2 aromatic carbocycles. The molecule has 6 N–H and O–H groups in total. The number of hydrogen-bond acceptors (Lipinski definition) is 10. The summed E-state index contributed by atoms with van der Waals surface area (Å²) in [7, 11) is 1.49. The standard InChI is InChI=1S/C34H42ClN3O7S/c1-38(19-28(40)32(43)33(44)29(41)20-39)31(42)11-15-46-23-8-9-27(35)21(16-23)17-37-34(12-13-34)26-18-36-14-10-24(26)25-4-2-3-5-30(25)45-22-6-7-22/h2-5,8-10,14,16,18,22,28-29,32-33,37,39-41,43-44H,6-7,11-13,15,17,19-20H2,1H3. The number of rotatable bonds is 17. The average Bonchev–Trinajstić information content (AvgIpc) is 4.01. The first kappa shape index (κ1) is 34.6. The Hall–Kier alpha value is -2.74. The molecule has 4 unspecified atom stereocenters. The van der Waals surface area contributed by atoms with Gasteiger partial charge in [-0.3, -0.25) is 9.78 Å². The number of likely N-dealkylation sites (N-methyl/N-ethyl adjacent to an activating group) is 1. The molecule has 46 heavy (non-hydrogen) atoms. The van der Waals surface area contributed by atoms with Gasteiger partial charge in [0.25, 0.3) is 0 Å². The average molecular weight is 672 g/mol. The summed E-state index contributed by atoms with van der Waals surface area (Å²) in [5, 5.41) is 52.9. The van der Waals surface area contributed by atoms with E-state index in [2.05, 4.69) is 22.4 Å². The minimum atomic E-state index is -1.74. The number of para-hydroxylation sites is 1. The summed E-state index contributed by atoms with van der Waals surface area (Å²) in [5.74, 6) is 1.13. The number of nitrogens with one attached hydrogen (secondary N) is 1. The predicted molar refractivity (Wildman–Crippen MR) is 177 cm³/mol. The molecule has 0 spiro atoms. The Balaban J connectivity index is 1.17. The smallest absolute Gasteiger partial charge is 0.223 e. The maximum atomic E-state index is 12.7. The summed E-state index contributed by atoms with van der Waals surface area (Å²) in [4.78, 5) is 19.4. The van der Waals surface area contributed by atoms with E-state index in [1.165, 1.54) is 23.7 Å². The number of halogens is 1. The van der Waals surface area contributed by atoms with Crippen LogP contribution in [-0.4, -0.2) is 97.8 Å². The van der Waals surface area contributed by atoms with Crippen molar-refractivity contribution >= 4 is 29.3 Å². The highest BCUT2D eigenvalue weighted by Gasteiger charge is 2.46. The monoisotopic (exact) mass is 671 g/mol. The largest absolute Gasteiger partial charge is 0.490 e. The molecule has 1 aromatic heterocycles. The Morgan fingerprint density at radius 2 is 1.83 bits per heavy atom. The van der Waals surface area contributed by atoms with Crippen molar-refractivity contribution in [2.45, 2.75) is 79.6 Å². The molecule has 1 heterocycles. The van der Waals surface area contributed by atoms with Crippen LogP contribution in [0.4, 0.5) is 0 Å². The van der Waals surface area contributed by atoms with Crippen molar-refractivity contribution in [2.24, 2.45) is 0 Å². The van der Waals surface area contributed by atoms with E-state index in [4.69, 9.17) is 21.4 Å². The molecule has 10 nitrogen and oxygen atoms in total. The van der Waals surface area contributed by atoms with Gasteiger partial charge in [-0.05, 0) is 72.7 Å². The summed E-state index contributed by atoms with van der Waals surface area (Å²) >= 11 is 8.13. The summed E-state index contributed by atoms with van der Waals surface area (Å²) < 4.78 is 6.23. The Kier molecular flexibility index (Phi) is 11.6. The predicted octanol–water partition coefficient (Wildman–Crippen LogP) is 3.10. The van der Waals surface area contributed by atoms with Crippen LogP contribution in [0.1, 0.15) is 43.2 Å². The van der Waals surface area contributed by atoms with Crippen LogP contribution in [0.5, 0.6) is 5.75 Å². The van der Waals surface area contributed by atoms with Crippen LogP contribution < -0.4 is 10.1 Å². The van der Waals surface area contributed by atoms with Gasteiger partial charge in [0.2, 0.25) is 5.91 Å². The second-order valence-electron chi connectivity index (χ2n) is 12.1. The van der Waals surface area contributed by atoms with E-state index in [-0.39, 0.29) is 24.4 Å². The normalized spacial score (nSPS) is 18.0. The highest BCUT2D eigenvalue weighted by molar-refractivity contribution is 7.99.